The summed E-state index contributed by atoms with van der Waals surface area (Å²) in [7, 11) is 0. The minimum absolute atomic E-state index is 0.134. The Bertz CT molecular complexity index is 1210. The number of phenolic OH excluding ortho intramolecular Hbond substituents is 1. The van der Waals surface area contributed by atoms with Crippen LogP contribution in [0, 0.1) is 0 Å². The van der Waals surface area contributed by atoms with Crippen LogP contribution in [0.5, 0.6) is 11.5 Å². The Morgan fingerprint density at radius 2 is 1.79 bits per heavy atom. The van der Waals surface area contributed by atoms with E-state index >= 15 is 0 Å². The molecule has 0 saturated heterocycles. The molecule has 5 heteroatoms. The maximum atomic E-state index is 12.9. The average molecular weight is 459 g/mol. The van der Waals surface area contributed by atoms with Crippen molar-refractivity contribution in [1.29, 1.82) is 0 Å². The molecule has 0 amide bonds. The summed E-state index contributed by atoms with van der Waals surface area (Å²) in [6, 6.07) is 17.5. The molecule has 0 saturated carbocycles. The summed E-state index contributed by atoms with van der Waals surface area (Å²) >= 11 is 0. The highest BCUT2D eigenvalue weighted by Crippen LogP contribution is 2.31. The van der Waals surface area contributed by atoms with E-state index in [9.17, 15) is 14.7 Å². The molecule has 0 radical (unpaired) electrons. The first-order valence-corrected chi connectivity index (χ1v) is 11.9. The summed E-state index contributed by atoms with van der Waals surface area (Å²) in [5.74, 6) is -0.0399. The third kappa shape index (κ3) is 6.04. The minimum Gasteiger partial charge on any atom is -0.507 e. The summed E-state index contributed by atoms with van der Waals surface area (Å²) in [5, 5.41) is 13.0. The Labute approximate surface area is 200 Å². The van der Waals surface area contributed by atoms with Gasteiger partial charge in [-0.15, -0.1) is 0 Å². The van der Waals surface area contributed by atoms with Crippen LogP contribution in [0.15, 0.2) is 60.7 Å². The normalized spacial score (nSPS) is 17.6. The Balaban J connectivity index is 1.57. The van der Waals surface area contributed by atoms with Gasteiger partial charge in [0.1, 0.15) is 29.5 Å². The number of carbonyl (C=O) groups is 2. The van der Waals surface area contributed by atoms with Gasteiger partial charge in [0.25, 0.3) is 0 Å². The molecule has 3 aromatic carbocycles. The second kappa shape index (κ2) is 11.0. The Kier molecular flexibility index (Phi) is 7.63. The zero-order chi connectivity index (χ0) is 23.9. The Hall–Kier alpha value is -3.60. The third-order valence-electron chi connectivity index (χ3n) is 6.04. The topological polar surface area (TPSA) is 72.8 Å². The molecule has 1 unspecified atom stereocenters. The molecular formula is C29H30O5. The molecule has 0 aromatic heterocycles. The molecule has 0 bridgehead atoms. The maximum absolute atomic E-state index is 12.9. The van der Waals surface area contributed by atoms with Crippen molar-refractivity contribution in [2.45, 2.75) is 58.2 Å². The molecular weight excluding hydrogens is 428 g/mol. The zero-order valence-electron chi connectivity index (χ0n) is 19.5. The van der Waals surface area contributed by atoms with Crippen molar-refractivity contribution >= 4 is 28.6 Å². The fourth-order valence-corrected chi connectivity index (χ4v) is 4.19. The van der Waals surface area contributed by atoms with Gasteiger partial charge < -0.3 is 14.6 Å². The lowest BCUT2D eigenvalue weighted by Gasteiger charge is -2.16. The van der Waals surface area contributed by atoms with Gasteiger partial charge in [-0.2, -0.15) is 0 Å². The van der Waals surface area contributed by atoms with E-state index in [-0.39, 0.29) is 23.2 Å². The number of benzene rings is 3. The summed E-state index contributed by atoms with van der Waals surface area (Å²) in [5.41, 5.74) is 1.68. The average Bonchev–Trinajstić information content (AvgIpc) is 2.81. The van der Waals surface area contributed by atoms with Gasteiger partial charge in [-0.05, 0) is 66.6 Å². The number of carbonyl (C=O) groups excluding carboxylic acids is 2. The SMILES string of the molecule is CC1CCCC(=O)CCCC=Cc2cc(OCc3ccc4ccccc4c3)cc(O)c2C(=O)O1. The van der Waals surface area contributed by atoms with Crippen molar-refractivity contribution in [1.82, 2.24) is 0 Å². The number of ether oxygens (including phenoxy) is 2. The first kappa shape index (κ1) is 23.6. The van der Waals surface area contributed by atoms with E-state index < -0.39 is 5.97 Å². The van der Waals surface area contributed by atoms with E-state index in [1.54, 1.807) is 12.1 Å². The van der Waals surface area contributed by atoms with Gasteiger partial charge in [-0.25, -0.2) is 4.79 Å². The number of cyclic esters (lactones) is 1. The Morgan fingerprint density at radius 3 is 2.65 bits per heavy atom. The fourth-order valence-electron chi connectivity index (χ4n) is 4.19. The molecule has 1 aliphatic rings. The number of ketones is 1. The first-order valence-electron chi connectivity index (χ1n) is 11.9. The number of allylic oxidation sites excluding steroid dienone is 1. The monoisotopic (exact) mass is 458 g/mol. The second-order valence-corrected chi connectivity index (χ2v) is 8.82. The fraction of sp³-hybridized carbons (Fsp3) is 0.310. The van der Waals surface area contributed by atoms with Crippen molar-refractivity contribution in [3.63, 3.8) is 0 Å². The van der Waals surface area contributed by atoms with Crippen LogP contribution in [-0.4, -0.2) is 23.0 Å². The van der Waals surface area contributed by atoms with E-state index in [1.165, 1.54) is 6.07 Å². The number of hydrogen-bond acceptors (Lipinski definition) is 5. The predicted octanol–water partition coefficient (Wildman–Crippen LogP) is 6.61. The highest BCUT2D eigenvalue weighted by Gasteiger charge is 2.21. The van der Waals surface area contributed by atoms with E-state index in [0.717, 1.165) is 22.8 Å². The van der Waals surface area contributed by atoms with Crippen molar-refractivity contribution < 1.29 is 24.2 Å². The lowest BCUT2D eigenvalue weighted by Crippen LogP contribution is -2.17. The summed E-state index contributed by atoms with van der Waals surface area (Å²) in [6.45, 7) is 2.14. The number of esters is 1. The number of phenols is 1. The van der Waals surface area contributed by atoms with E-state index in [0.29, 0.717) is 50.0 Å². The van der Waals surface area contributed by atoms with Gasteiger partial charge in [-0.1, -0.05) is 48.6 Å². The Morgan fingerprint density at radius 1 is 1.00 bits per heavy atom. The van der Waals surface area contributed by atoms with Crippen LogP contribution in [0.2, 0.25) is 0 Å². The van der Waals surface area contributed by atoms with E-state index in [1.807, 2.05) is 31.2 Å². The molecule has 1 heterocycles. The summed E-state index contributed by atoms with van der Waals surface area (Å²) in [4.78, 5) is 24.9. The summed E-state index contributed by atoms with van der Waals surface area (Å²) < 4.78 is 11.5. The number of rotatable bonds is 3. The first-order chi connectivity index (χ1) is 16.5. The second-order valence-electron chi connectivity index (χ2n) is 8.82. The van der Waals surface area contributed by atoms with Crippen molar-refractivity contribution in [2.75, 3.05) is 0 Å². The van der Waals surface area contributed by atoms with Crippen LogP contribution in [-0.2, 0) is 16.1 Å². The number of hydrogen-bond donors (Lipinski definition) is 1. The van der Waals surface area contributed by atoms with Crippen molar-refractivity contribution in [3.8, 4) is 11.5 Å². The smallest absolute Gasteiger partial charge is 0.342 e. The van der Waals surface area contributed by atoms with Gasteiger partial charge in [0.2, 0.25) is 0 Å². The van der Waals surface area contributed by atoms with Gasteiger partial charge in [0.15, 0.2) is 0 Å². The number of aromatic hydroxyl groups is 1. The zero-order valence-corrected chi connectivity index (χ0v) is 19.5. The third-order valence-corrected chi connectivity index (χ3v) is 6.04. The van der Waals surface area contributed by atoms with Crippen molar-refractivity contribution in [2.24, 2.45) is 0 Å². The van der Waals surface area contributed by atoms with E-state index in [2.05, 4.69) is 24.3 Å². The number of fused-ring (bicyclic) bond motifs is 2. The molecule has 34 heavy (non-hydrogen) atoms. The minimum atomic E-state index is -0.575. The van der Waals surface area contributed by atoms with Crippen LogP contribution in [0.3, 0.4) is 0 Å². The predicted molar refractivity (Wildman–Crippen MR) is 133 cm³/mol. The molecule has 4 rings (SSSR count). The lowest BCUT2D eigenvalue weighted by molar-refractivity contribution is -0.119. The highest BCUT2D eigenvalue weighted by molar-refractivity contribution is 5.97. The van der Waals surface area contributed by atoms with Crippen LogP contribution in [0.4, 0.5) is 0 Å². The molecule has 1 atom stereocenters. The van der Waals surface area contributed by atoms with Gasteiger partial charge in [0.05, 0.1) is 6.10 Å². The highest BCUT2D eigenvalue weighted by atomic mass is 16.5. The molecule has 0 spiro atoms. The largest absolute Gasteiger partial charge is 0.507 e. The molecule has 1 aliphatic heterocycles. The molecule has 0 aliphatic carbocycles. The van der Waals surface area contributed by atoms with Crippen LogP contribution in [0.1, 0.15) is 66.9 Å². The molecule has 176 valence electrons. The molecule has 1 N–H and O–H groups in total. The molecule has 0 fully saturated rings. The molecule has 3 aromatic rings. The van der Waals surface area contributed by atoms with Crippen LogP contribution < -0.4 is 4.74 Å². The van der Waals surface area contributed by atoms with Gasteiger partial charge in [-0.3, -0.25) is 4.79 Å². The quantitative estimate of drug-likeness (QED) is 0.447. The molecule has 5 nitrogen and oxygen atoms in total. The van der Waals surface area contributed by atoms with Crippen LogP contribution in [0.25, 0.3) is 16.8 Å². The summed E-state index contributed by atoms with van der Waals surface area (Å²) in [6.07, 6.45) is 7.18. The van der Waals surface area contributed by atoms with Gasteiger partial charge in [0, 0.05) is 18.9 Å². The maximum Gasteiger partial charge on any atom is 0.342 e. The van der Waals surface area contributed by atoms with E-state index in [4.69, 9.17) is 9.47 Å². The number of Topliss-reactive ketones (excluding diaryl/α,β-unsaturated/α-hetero) is 1. The van der Waals surface area contributed by atoms with Crippen molar-refractivity contribution in [3.05, 3.63) is 77.4 Å². The van der Waals surface area contributed by atoms with Gasteiger partial charge >= 0.3 is 5.97 Å². The van der Waals surface area contributed by atoms with Crippen LogP contribution >= 0.6 is 0 Å². The lowest BCUT2D eigenvalue weighted by atomic mass is 10.0. The standard InChI is InChI=1S/C29H30O5/c1-20-8-7-13-25(30)12-4-2-3-11-24-17-26(18-27(31)28(24)29(32)34-20)33-19-21-14-15-22-9-5-6-10-23(22)16-21/h3,5-6,9-11,14-18,20,31H,2,4,7-8,12-13,19H2,1H3.